The van der Waals surface area contributed by atoms with E-state index in [1.165, 1.54) is 19.2 Å². The van der Waals surface area contributed by atoms with Crippen LogP contribution in [-0.4, -0.2) is 14.2 Å². The average molecular weight is 358 g/mol. The summed E-state index contributed by atoms with van der Waals surface area (Å²) in [5, 5.41) is 2.96. The summed E-state index contributed by atoms with van der Waals surface area (Å²) in [4.78, 5) is 0. The Balaban J connectivity index is 2.22. The van der Waals surface area contributed by atoms with Gasteiger partial charge in [0.05, 0.1) is 24.4 Å². The maximum Gasteiger partial charge on any atom is 0.145 e. The van der Waals surface area contributed by atoms with Crippen LogP contribution in [0.1, 0.15) is 5.56 Å². The van der Waals surface area contributed by atoms with E-state index in [9.17, 15) is 8.78 Å². The number of benzene rings is 2. The highest BCUT2D eigenvalue weighted by atomic mass is 79.9. The lowest BCUT2D eigenvalue weighted by Crippen LogP contribution is -2.06. The summed E-state index contributed by atoms with van der Waals surface area (Å²) in [7, 11) is 3.06. The number of nitrogens with one attached hydrogen (secondary N) is 1. The van der Waals surface area contributed by atoms with Gasteiger partial charge in [0, 0.05) is 18.2 Å². The number of hydrogen-bond acceptors (Lipinski definition) is 3. The second-order valence-electron chi connectivity index (χ2n) is 4.24. The Morgan fingerprint density at radius 2 is 1.86 bits per heavy atom. The first kappa shape index (κ1) is 15.6. The smallest absolute Gasteiger partial charge is 0.145 e. The van der Waals surface area contributed by atoms with Gasteiger partial charge in [0.1, 0.15) is 23.1 Å². The van der Waals surface area contributed by atoms with Crippen LogP contribution in [0.25, 0.3) is 0 Å². The Morgan fingerprint density at radius 3 is 2.52 bits per heavy atom. The molecule has 0 spiro atoms. The van der Waals surface area contributed by atoms with Crippen molar-refractivity contribution in [3.63, 3.8) is 0 Å². The Morgan fingerprint density at radius 1 is 1.10 bits per heavy atom. The highest BCUT2D eigenvalue weighted by Gasteiger charge is 2.13. The van der Waals surface area contributed by atoms with E-state index < -0.39 is 11.6 Å². The molecule has 0 unspecified atom stereocenters. The molecular formula is C15H14BrF2NO2. The number of methoxy groups -OCH3 is 2. The van der Waals surface area contributed by atoms with Crippen LogP contribution in [0.5, 0.6) is 11.5 Å². The lowest BCUT2D eigenvalue weighted by molar-refractivity contribution is 0.395. The molecular weight excluding hydrogens is 344 g/mol. The molecule has 0 saturated carbocycles. The van der Waals surface area contributed by atoms with Crippen LogP contribution in [0.4, 0.5) is 14.5 Å². The van der Waals surface area contributed by atoms with E-state index >= 15 is 0 Å². The van der Waals surface area contributed by atoms with Gasteiger partial charge in [-0.05, 0) is 40.2 Å². The van der Waals surface area contributed by atoms with Gasteiger partial charge < -0.3 is 14.8 Å². The van der Waals surface area contributed by atoms with Gasteiger partial charge >= 0.3 is 0 Å². The van der Waals surface area contributed by atoms with E-state index in [0.29, 0.717) is 17.2 Å². The first-order valence-electron chi connectivity index (χ1n) is 6.15. The maximum atomic E-state index is 13.9. The Bertz CT molecular complexity index is 650. The topological polar surface area (TPSA) is 30.5 Å². The summed E-state index contributed by atoms with van der Waals surface area (Å²) in [5.74, 6) is -0.0481. The van der Waals surface area contributed by atoms with Crippen molar-refractivity contribution in [2.24, 2.45) is 0 Å². The van der Waals surface area contributed by atoms with Gasteiger partial charge in [0.15, 0.2) is 0 Å². The van der Waals surface area contributed by atoms with Gasteiger partial charge in [-0.25, -0.2) is 8.78 Å². The van der Waals surface area contributed by atoms with E-state index in [-0.39, 0.29) is 16.6 Å². The van der Waals surface area contributed by atoms with Crippen molar-refractivity contribution in [1.82, 2.24) is 0 Å². The molecule has 21 heavy (non-hydrogen) atoms. The summed E-state index contributed by atoms with van der Waals surface area (Å²) in [6.45, 7) is -0.000203. The summed E-state index contributed by atoms with van der Waals surface area (Å²) in [6.07, 6.45) is 0. The van der Waals surface area contributed by atoms with E-state index in [0.717, 1.165) is 0 Å². The standard InChI is InChI=1S/C15H14BrF2NO2/c1-20-9-3-6-13(14(7-9)21-2)19-8-10-12(17)5-4-11(16)15(10)18/h3-7,19H,8H2,1-2H3. The van der Waals surface area contributed by atoms with Crippen LogP contribution in [0.2, 0.25) is 0 Å². The number of anilines is 1. The molecule has 0 amide bonds. The summed E-state index contributed by atoms with van der Waals surface area (Å²) >= 11 is 3.04. The Kier molecular flexibility index (Phi) is 5.01. The van der Waals surface area contributed by atoms with Gasteiger partial charge in [-0.1, -0.05) is 0 Å². The number of hydrogen-bond donors (Lipinski definition) is 1. The molecule has 0 aromatic heterocycles. The molecule has 0 aliphatic rings. The molecule has 3 nitrogen and oxygen atoms in total. The number of ether oxygens (including phenoxy) is 2. The summed E-state index contributed by atoms with van der Waals surface area (Å²) < 4.78 is 38.1. The minimum atomic E-state index is -0.616. The fraction of sp³-hybridized carbons (Fsp3) is 0.200. The molecule has 0 radical (unpaired) electrons. The largest absolute Gasteiger partial charge is 0.497 e. The minimum absolute atomic E-state index is 0.000203. The van der Waals surface area contributed by atoms with Gasteiger partial charge in [0.2, 0.25) is 0 Å². The molecule has 0 aliphatic carbocycles. The van der Waals surface area contributed by atoms with Crippen LogP contribution >= 0.6 is 15.9 Å². The zero-order chi connectivity index (χ0) is 15.4. The molecule has 0 saturated heterocycles. The first-order chi connectivity index (χ1) is 10.1. The Labute approximate surface area is 130 Å². The monoisotopic (exact) mass is 357 g/mol. The number of rotatable bonds is 5. The van der Waals surface area contributed by atoms with Crippen LogP contribution < -0.4 is 14.8 Å². The minimum Gasteiger partial charge on any atom is -0.497 e. The van der Waals surface area contributed by atoms with Crippen molar-refractivity contribution in [1.29, 1.82) is 0 Å². The fourth-order valence-electron chi connectivity index (χ4n) is 1.86. The molecule has 0 atom stereocenters. The molecule has 0 fully saturated rings. The summed E-state index contributed by atoms with van der Waals surface area (Å²) in [6, 6.07) is 7.71. The van der Waals surface area contributed by atoms with Gasteiger partial charge in [-0.15, -0.1) is 0 Å². The lowest BCUT2D eigenvalue weighted by atomic mass is 10.2. The van der Waals surface area contributed by atoms with E-state index in [4.69, 9.17) is 9.47 Å². The fourth-order valence-corrected chi connectivity index (χ4v) is 2.23. The zero-order valence-corrected chi connectivity index (χ0v) is 13.1. The van der Waals surface area contributed by atoms with Crippen LogP contribution in [0.15, 0.2) is 34.8 Å². The molecule has 0 heterocycles. The molecule has 2 aromatic rings. The third-order valence-corrected chi connectivity index (χ3v) is 3.62. The SMILES string of the molecule is COc1ccc(NCc2c(F)ccc(Br)c2F)c(OC)c1. The van der Waals surface area contributed by atoms with E-state index in [1.807, 2.05) is 0 Å². The predicted octanol–water partition coefficient (Wildman–Crippen LogP) is 4.36. The molecule has 0 bridgehead atoms. The second kappa shape index (κ2) is 6.76. The molecule has 0 aliphatic heterocycles. The average Bonchev–Trinajstić information content (AvgIpc) is 2.51. The molecule has 2 rings (SSSR count). The summed E-state index contributed by atoms with van der Waals surface area (Å²) in [5.41, 5.74) is 0.583. The first-order valence-corrected chi connectivity index (χ1v) is 6.94. The van der Waals surface area contributed by atoms with Crippen LogP contribution in [0, 0.1) is 11.6 Å². The van der Waals surface area contributed by atoms with Crippen LogP contribution in [0.3, 0.4) is 0 Å². The van der Waals surface area contributed by atoms with Crippen molar-refractivity contribution in [3.8, 4) is 11.5 Å². The molecule has 6 heteroatoms. The molecule has 112 valence electrons. The maximum absolute atomic E-state index is 13.9. The lowest BCUT2D eigenvalue weighted by Gasteiger charge is -2.13. The third-order valence-electron chi connectivity index (χ3n) is 3.00. The van der Waals surface area contributed by atoms with Gasteiger partial charge in [-0.3, -0.25) is 0 Å². The Hall–Kier alpha value is -1.82. The zero-order valence-electron chi connectivity index (χ0n) is 11.5. The second-order valence-corrected chi connectivity index (χ2v) is 5.10. The third kappa shape index (κ3) is 3.44. The predicted molar refractivity (Wildman–Crippen MR) is 80.9 cm³/mol. The van der Waals surface area contributed by atoms with E-state index in [1.54, 1.807) is 25.3 Å². The highest BCUT2D eigenvalue weighted by Crippen LogP contribution is 2.30. The van der Waals surface area contributed by atoms with E-state index in [2.05, 4.69) is 21.2 Å². The van der Waals surface area contributed by atoms with Crippen molar-refractivity contribution in [3.05, 3.63) is 52.0 Å². The van der Waals surface area contributed by atoms with Crippen molar-refractivity contribution in [2.45, 2.75) is 6.54 Å². The molecule has 1 N–H and O–H groups in total. The van der Waals surface area contributed by atoms with Gasteiger partial charge in [0.25, 0.3) is 0 Å². The number of halogens is 3. The van der Waals surface area contributed by atoms with Crippen molar-refractivity contribution < 1.29 is 18.3 Å². The highest BCUT2D eigenvalue weighted by molar-refractivity contribution is 9.10. The normalized spacial score (nSPS) is 10.3. The molecule has 2 aromatic carbocycles. The quantitative estimate of drug-likeness (QED) is 0.806. The van der Waals surface area contributed by atoms with Gasteiger partial charge in [-0.2, -0.15) is 0 Å². The van der Waals surface area contributed by atoms with Crippen LogP contribution in [-0.2, 0) is 6.54 Å². The van der Waals surface area contributed by atoms with Crippen molar-refractivity contribution >= 4 is 21.6 Å². The van der Waals surface area contributed by atoms with Crippen molar-refractivity contribution in [2.75, 3.05) is 19.5 Å².